The van der Waals surface area contributed by atoms with Gasteiger partial charge in [0.1, 0.15) is 13.2 Å². The van der Waals surface area contributed by atoms with Crippen LogP contribution in [-0.4, -0.2) is 37.2 Å². The summed E-state index contributed by atoms with van der Waals surface area (Å²) in [6.07, 6.45) is 70.7. The van der Waals surface area contributed by atoms with E-state index < -0.39 is 6.10 Å². The summed E-state index contributed by atoms with van der Waals surface area (Å²) in [5.74, 6) is -0.893. The van der Waals surface area contributed by atoms with Gasteiger partial charge in [0.15, 0.2) is 6.10 Å². The Morgan fingerprint density at radius 2 is 0.574 bits per heavy atom. The van der Waals surface area contributed by atoms with Crippen LogP contribution in [-0.2, 0) is 28.6 Å². The molecule has 68 heavy (non-hydrogen) atoms. The van der Waals surface area contributed by atoms with Crippen LogP contribution < -0.4 is 0 Å². The third kappa shape index (κ3) is 54.1. The first kappa shape index (κ1) is 65.1. The average Bonchev–Trinajstić information content (AvgIpc) is 3.34. The highest BCUT2D eigenvalue weighted by Gasteiger charge is 2.19. The Bertz CT molecular complexity index is 1230. The highest BCUT2D eigenvalue weighted by atomic mass is 16.6. The van der Waals surface area contributed by atoms with E-state index in [1.165, 1.54) is 161 Å². The molecule has 0 aromatic heterocycles. The normalized spacial score (nSPS) is 12.5. The van der Waals surface area contributed by atoms with Gasteiger partial charge in [0, 0.05) is 19.3 Å². The molecule has 6 nitrogen and oxygen atoms in total. The number of esters is 3. The average molecular weight is 952 g/mol. The van der Waals surface area contributed by atoms with Gasteiger partial charge in [-0.2, -0.15) is 0 Å². The molecular weight excluding hydrogens is 841 g/mol. The zero-order chi connectivity index (χ0) is 49.3. The number of unbranched alkanes of at least 4 members (excludes halogenated alkanes) is 32. The molecule has 0 rings (SSSR count). The SMILES string of the molecule is CC/C=C\C/C=C\C/C=C\C/C=C\CCCCCCC(=O)OC[C@H](COC(=O)CCCCCCCCCCCCCC)OC(=O)CCCCCCCCCCCCC/C=C\CCCCCCCC. The lowest BCUT2D eigenvalue weighted by atomic mass is 10.0. The Morgan fingerprint density at radius 1 is 0.309 bits per heavy atom. The maximum Gasteiger partial charge on any atom is 0.306 e. The van der Waals surface area contributed by atoms with Gasteiger partial charge in [0.05, 0.1) is 0 Å². The molecule has 0 aliphatic rings. The summed E-state index contributed by atoms with van der Waals surface area (Å²) in [4.78, 5) is 38.1. The Kier molecular flexibility index (Phi) is 54.3. The molecule has 0 aliphatic heterocycles. The Balaban J connectivity index is 4.35. The van der Waals surface area contributed by atoms with Crippen molar-refractivity contribution in [2.24, 2.45) is 0 Å². The predicted octanol–water partition coefficient (Wildman–Crippen LogP) is 19.6. The standard InChI is InChI=1S/C62H110O6/c1-4-7-10-13-16-19-22-25-27-29-30-31-32-34-36-38-41-44-47-50-53-56-62(65)68-59(57-66-60(63)54-51-48-45-42-39-24-21-18-15-12-9-6-3)58-67-61(64)55-52-49-46-43-40-37-35-33-28-26-23-20-17-14-11-8-5-2/h8,11,17,20,25-28,35,37,59H,4-7,9-10,12-16,18-19,21-24,29-34,36,38-58H2,1-3H3/b11-8-,20-17-,27-25-,28-26-,37-35-/t59-/m0/s1. The van der Waals surface area contributed by atoms with E-state index >= 15 is 0 Å². The van der Waals surface area contributed by atoms with Gasteiger partial charge in [0.2, 0.25) is 0 Å². The Morgan fingerprint density at radius 3 is 0.912 bits per heavy atom. The van der Waals surface area contributed by atoms with Crippen LogP contribution in [0.2, 0.25) is 0 Å². The minimum atomic E-state index is -0.783. The first-order chi connectivity index (χ1) is 33.5. The fourth-order valence-corrected chi connectivity index (χ4v) is 8.37. The molecule has 1 atom stereocenters. The summed E-state index contributed by atoms with van der Waals surface area (Å²) < 4.78 is 16.9. The number of allylic oxidation sites excluding steroid dienone is 10. The first-order valence-electron chi connectivity index (χ1n) is 29.3. The summed E-state index contributed by atoms with van der Waals surface area (Å²) in [6.45, 7) is 6.53. The number of ether oxygens (including phenoxy) is 3. The molecule has 0 N–H and O–H groups in total. The second-order valence-corrected chi connectivity index (χ2v) is 19.5. The van der Waals surface area contributed by atoms with Gasteiger partial charge in [-0.25, -0.2) is 0 Å². The fourth-order valence-electron chi connectivity index (χ4n) is 8.37. The highest BCUT2D eigenvalue weighted by molar-refractivity contribution is 5.71. The van der Waals surface area contributed by atoms with Crippen LogP contribution in [0.1, 0.15) is 297 Å². The monoisotopic (exact) mass is 951 g/mol. The van der Waals surface area contributed by atoms with Crippen molar-refractivity contribution in [1.29, 1.82) is 0 Å². The van der Waals surface area contributed by atoms with E-state index in [1.807, 2.05) is 0 Å². The molecule has 0 saturated carbocycles. The smallest absolute Gasteiger partial charge is 0.306 e. The van der Waals surface area contributed by atoms with Gasteiger partial charge in [-0.15, -0.1) is 0 Å². The Hall–Kier alpha value is -2.89. The van der Waals surface area contributed by atoms with Crippen LogP contribution in [0.4, 0.5) is 0 Å². The lowest BCUT2D eigenvalue weighted by Gasteiger charge is -2.18. The molecule has 0 heterocycles. The van der Waals surface area contributed by atoms with Crippen LogP contribution >= 0.6 is 0 Å². The molecule has 0 fully saturated rings. The maximum absolute atomic E-state index is 12.9. The summed E-state index contributed by atoms with van der Waals surface area (Å²) in [5, 5.41) is 0. The van der Waals surface area contributed by atoms with Crippen molar-refractivity contribution in [3.8, 4) is 0 Å². The summed E-state index contributed by atoms with van der Waals surface area (Å²) >= 11 is 0. The van der Waals surface area contributed by atoms with E-state index in [0.717, 1.165) is 96.3 Å². The van der Waals surface area contributed by atoms with Gasteiger partial charge in [-0.3, -0.25) is 14.4 Å². The molecule has 6 heteroatoms. The second-order valence-electron chi connectivity index (χ2n) is 19.5. The number of carbonyl (C=O) groups is 3. The molecular formula is C62H110O6. The van der Waals surface area contributed by atoms with E-state index in [0.29, 0.717) is 19.3 Å². The molecule has 0 aromatic rings. The molecule has 0 aliphatic carbocycles. The summed E-state index contributed by atoms with van der Waals surface area (Å²) in [5.41, 5.74) is 0. The second kappa shape index (κ2) is 56.7. The number of hydrogen-bond acceptors (Lipinski definition) is 6. The van der Waals surface area contributed by atoms with Crippen LogP contribution in [0.25, 0.3) is 0 Å². The molecule has 0 amide bonds. The number of hydrogen-bond donors (Lipinski definition) is 0. The van der Waals surface area contributed by atoms with Crippen molar-refractivity contribution < 1.29 is 28.6 Å². The van der Waals surface area contributed by atoms with E-state index in [2.05, 4.69) is 81.5 Å². The van der Waals surface area contributed by atoms with Gasteiger partial charge in [-0.05, 0) is 83.5 Å². The molecule has 394 valence electrons. The zero-order valence-electron chi connectivity index (χ0n) is 45.1. The molecule has 0 unspecified atom stereocenters. The molecule has 0 spiro atoms. The lowest BCUT2D eigenvalue weighted by Crippen LogP contribution is -2.30. The van der Waals surface area contributed by atoms with Crippen LogP contribution in [0.3, 0.4) is 0 Å². The van der Waals surface area contributed by atoms with E-state index in [4.69, 9.17) is 14.2 Å². The quantitative estimate of drug-likeness (QED) is 0.0262. The highest BCUT2D eigenvalue weighted by Crippen LogP contribution is 2.16. The van der Waals surface area contributed by atoms with Crippen molar-refractivity contribution in [2.75, 3.05) is 13.2 Å². The van der Waals surface area contributed by atoms with E-state index in [9.17, 15) is 14.4 Å². The van der Waals surface area contributed by atoms with Crippen molar-refractivity contribution >= 4 is 17.9 Å². The summed E-state index contributed by atoms with van der Waals surface area (Å²) in [6, 6.07) is 0. The minimum absolute atomic E-state index is 0.0796. The Labute approximate surface area is 421 Å². The fraction of sp³-hybridized carbons (Fsp3) is 0.790. The lowest BCUT2D eigenvalue weighted by molar-refractivity contribution is -0.167. The minimum Gasteiger partial charge on any atom is -0.462 e. The number of rotatable bonds is 53. The van der Waals surface area contributed by atoms with Crippen molar-refractivity contribution in [3.05, 3.63) is 60.8 Å². The van der Waals surface area contributed by atoms with Crippen molar-refractivity contribution in [1.82, 2.24) is 0 Å². The zero-order valence-corrected chi connectivity index (χ0v) is 45.1. The predicted molar refractivity (Wildman–Crippen MR) is 293 cm³/mol. The van der Waals surface area contributed by atoms with Gasteiger partial charge >= 0.3 is 17.9 Å². The third-order valence-corrected chi connectivity index (χ3v) is 12.8. The van der Waals surface area contributed by atoms with Crippen LogP contribution in [0.15, 0.2) is 60.8 Å². The molecule has 0 saturated heterocycles. The van der Waals surface area contributed by atoms with E-state index in [-0.39, 0.29) is 31.1 Å². The molecule has 0 bridgehead atoms. The third-order valence-electron chi connectivity index (χ3n) is 12.8. The van der Waals surface area contributed by atoms with Gasteiger partial charge in [-0.1, -0.05) is 255 Å². The van der Waals surface area contributed by atoms with Gasteiger partial charge in [0.25, 0.3) is 0 Å². The first-order valence-corrected chi connectivity index (χ1v) is 29.3. The van der Waals surface area contributed by atoms with Gasteiger partial charge < -0.3 is 14.2 Å². The molecule has 0 aromatic carbocycles. The topological polar surface area (TPSA) is 78.9 Å². The van der Waals surface area contributed by atoms with Crippen LogP contribution in [0, 0.1) is 0 Å². The van der Waals surface area contributed by atoms with Crippen LogP contribution in [0.5, 0.6) is 0 Å². The summed E-state index contributed by atoms with van der Waals surface area (Å²) in [7, 11) is 0. The van der Waals surface area contributed by atoms with Crippen molar-refractivity contribution in [2.45, 2.75) is 303 Å². The van der Waals surface area contributed by atoms with Crippen molar-refractivity contribution in [3.63, 3.8) is 0 Å². The maximum atomic E-state index is 12.9. The number of carbonyl (C=O) groups excluding carboxylic acids is 3. The molecule has 0 radical (unpaired) electrons. The van der Waals surface area contributed by atoms with E-state index in [1.54, 1.807) is 0 Å². The largest absolute Gasteiger partial charge is 0.462 e.